The van der Waals surface area contributed by atoms with Crippen molar-refractivity contribution in [3.63, 3.8) is 0 Å². The summed E-state index contributed by atoms with van der Waals surface area (Å²) >= 11 is 0. The molecule has 7 heteroatoms. The van der Waals surface area contributed by atoms with Crippen LogP contribution < -0.4 is 4.72 Å². The molecule has 2 rings (SSSR count). The van der Waals surface area contributed by atoms with Crippen LogP contribution in [-0.2, 0) is 32.4 Å². The van der Waals surface area contributed by atoms with E-state index in [0.29, 0.717) is 24.9 Å². The lowest BCUT2D eigenvalue weighted by Crippen LogP contribution is -2.25. The molecular weight excluding hydrogens is 352 g/mol. The van der Waals surface area contributed by atoms with E-state index in [1.807, 2.05) is 30.3 Å². The summed E-state index contributed by atoms with van der Waals surface area (Å²) in [6.07, 6.45) is 1.60. The Kier molecular flexibility index (Phi) is 6.89. The average Bonchev–Trinajstić information content (AvgIpc) is 2.66. The van der Waals surface area contributed by atoms with Gasteiger partial charge in [0.05, 0.1) is 30.1 Å². The number of carbonyl (C=O) groups excluding carboxylic acids is 1. The fraction of sp³-hybridized carbons (Fsp3) is 0.263. The maximum atomic E-state index is 12.2. The number of hydrogen-bond donors (Lipinski definition) is 1. The highest BCUT2D eigenvalue weighted by molar-refractivity contribution is 7.89. The summed E-state index contributed by atoms with van der Waals surface area (Å²) in [5.41, 5.74) is 2.36. The summed E-state index contributed by atoms with van der Waals surface area (Å²) in [6, 6.07) is 15.3. The molecule has 0 aromatic heterocycles. The molecule has 2 aromatic carbocycles. The van der Waals surface area contributed by atoms with E-state index in [1.54, 1.807) is 0 Å². The number of nitrogens with zero attached hydrogens (tertiary/aromatic N) is 1. The van der Waals surface area contributed by atoms with E-state index < -0.39 is 10.0 Å². The van der Waals surface area contributed by atoms with Crippen LogP contribution in [0.5, 0.6) is 0 Å². The predicted octanol–water partition coefficient (Wildman–Crippen LogP) is 2.18. The maximum Gasteiger partial charge on any atom is 0.309 e. The fourth-order valence-corrected chi connectivity index (χ4v) is 3.43. The van der Waals surface area contributed by atoms with E-state index in [0.717, 1.165) is 11.1 Å². The third-order valence-corrected chi connectivity index (χ3v) is 5.30. The Morgan fingerprint density at radius 2 is 1.69 bits per heavy atom. The largest absolute Gasteiger partial charge is 0.469 e. The molecule has 0 spiro atoms. The zero-order valence-electron chi connectivity index (χ0n) is 14.4. The molecule has 0 atom stereocenters. The van der Waals surface area contributed by atoms with Crippen molar-refractivity contribution in [2.45, 2.75) is 24.2 Å². The van der Waals surface area contributed by atoms with Gasteiger partial charge in [-0.05, 0) is 48.2 Å². The molecule has 136 valence electrons. The van der Waals surface area contributed by atoms with Gasteiger partial charge in [0.25, 0.3) is 0 Å². The fourth-order valence-electron chi connectivity index (χ4n) is 2.35. The quantitative estimate of drug-likeness (QED) is 0.566. The van der Waals surface area contributed by atoms with Gasteiger partial charge in [0, 0.05) is 6.54 Å². The van der Waals surface area contributed by atoms with Crippen LogP contribution in [0, 0.1) is 11.3 Å². The zero-order chi connectivity index (χ0) is 19.0. The molecule has 0 heterocycles. The van der Waals surface area contributed by atoms with Gasteiger partial charge in [-0.15, -0.1) is 0 Å². The highest BCUT2D eigenvalue weighted by Crippen LogP contribution is 2.11. The number of hydrogen-bond acceptors (Lipinski definition) is 5. The molecule has 0 unspecified atom stereocenters. The lowest BCUT2D eigenvalue weighted by molar-refractivity contribution is -0.139. The van der Waals surface area contributed by atoms with Crippen LogP contribution in [0.1, 0.15) is 23.1 Å². The first kappa shape index (κ1) is 19.6. The Hall–Kier alpha value is -2.69. The van der Waals surface area contributed by atoms with E-state index in [9.17, 15) is 13.2 Å². The number of sulfonamides is 1. The Balaban J connectivity index is 1.82. The Morgan fingerprint density at radius 1 is 1.08 bits per heavy atom. The number of carbonyl (C=O) groups is 1. The monoisotopic (exact) mass is 372 g/mol. The molecule has 1 N–H and O–H groups in total. The van der Waals surface area contributed by atoms with Crippen molar-refractivity contribution < 1.29 is 17.9 Å². The van der Waals surface area contributed by atoms with Gasteiger partial charge in [-0.25, -0.2) is 13.1 Å². The van der Waals surface area contributed by atoms with Gasteiger partial charge in [-0.3, -0.25) is 4.79 Å². The molecule has 0 bridgehead atoms. The molecule has 0 saturated heterocycles. The highest BCUT2D eigenvalue weighted by atomic mass is 32.2. The zero-order valence-corrected chi connectivity index (χ0v) is 15.3. The summed E-state index contributed by atoms with van der Waals surface area (Å²) in [6.45, 7) is 0.312. The number of nitriles is 1. The van der Waals surface area contributed by atoms with Crippen molar-refractivity contribution >= 4 is 16.0 Å². The van der Waals surface area contributed by atoms with Crippen LogP contribution in [0.2, 0.25) is 0 Å². The summed E-state index contributed by atoms with van der Waals surface area (Å²) in [5, 5.41) is 8.75. The van der Waals surface area contributed by atoms with Crippen molar-refractivity contribution in [3.8, 4) is 6.07 Å². The Labute approximate surface area is 153 Å². The maximum absolute atomic E-state index is 12.2. The minimum absolute atomic E-state index is 0.142. The minimum Gasteiger partial charge on any atom is -0.469 e. The van der Waals surface area contributed by atoms with E-state index in [-0.39, 0.29) is 17.3 Å². The molecule has 0 fully saturated rings. The molecule has 0 radical (unpaired) electrons. The number of rotatable bonds is 8. The normalized spacial score (nSPS) is 10.9. The first-order valence-corrected chi connectivity index (χ1v) is 9.57. The van der Waals surface area contributed by atoms with E-state index in [2.05, 4.69) is 9.46 Å². The summed E-state index contributed by atoms with van der Waals surface area (Å²) in [7, 11) is -2.22. The molecule has 2 aromatic rings. The van der Waals surface area contributed by atoms with Gasteiger partial charge in [0.1, 0.15) is 0 Å². The molecule has 0 aliphatic heterocycles. The van der Waals surface area contributed by atoms with Crippen LogP contribution >= 0.6 is 0 Å². The molecule has 26 heavy (non-hydrogen) atoms. The predicted molar refractivity (Wildman–Crippen MR) is 96.8 cm³/mol. The number of ether oxygens (including phenoxy) is 1. The van der Waals surface area contributed by atoms with Gasteiger partial charge in [0.2, 0.25) is 10.0 Å². The van der Waals surface area contributed by atoms with Crippen LogP contribution in [0.4, 0.5) is 0 Å². The number of nitrogens with one attached hydrogen (secondary N) is 1. The second kappa shape index (κ2) is 9.13. The third kappa shape index (κ3) is 5.69. The minimum atomic E-state index is -3.57. The standard InChI is InChI=1S/C19H20N2O4S/c1-25-19(22)13-16-6-4-15(5-7-16)3-2-12-21-26(23,24)18-10-8-17(14-20)9-11-18/h4-11,21H,2-3,12-13H2,1H3. The molecule has 0 amide bonds. The first-order valence-electron chi connectivity index (χ1n) is 8.09. The van der Waals surface area contributed by atoms with E-state index in [4.69, 9.17) is 5.26 Å². The van der Waals surface area contributed by atoms with Crippen molar-refractivity contribution in [2.75, 3.05) is 13.7 Å². The van der Waals surface area contributed by atoms with Crippen LogP contribution in [0.15, 0.2) is 53.4 Å². The smallest absolute Gasteiger partial charge is 0.309 e. The van der Waals surface area contributed by atoms with Crippen molar-refractivity contribution in [2.24, 2.45) is 0 Å². The number of methoxy groups -OCH3 is 1. The second-order valence-corrected chi connectivity index (χ2v) is 7.47. The molecule has 0 aliphatic carbocycles. The van der Waals surface area contributed by atoms with Gasteiger partial charge in [-0.2, -0.15) is 5.26 Å². The summed E-state index contributed by atoms with van der Waals surface area (Å²) in [4.78, 5) is 11.4. The van der Waals surface area contributed by atoms with E-state index >= 15 is 0 Å². The number of benzene rings is 2. The van der Waals surface area contributed by atoms with Crippen molar-refractivity contribution in [1.82, 2.24) is 4.72 Å². The summed E-state index contributed by atoms with van der Waals surface area (Å²) < 4.78 is 31.5. The van der Waals surface area contributed by atoms with Crippen LogP contribution in [0.3, 0.4) is 0 Å². The number of aryl methyl sites for hydroxylation is 1. The topological polar surface area (TPSA) is 96.3 Å². The Bertz CT molecular complexity index is 883. The lowest BCUT2D eigenvalue weighted by atomic mass is 10.1. The molecule has 6 nitrogen and oxygen atoms in total. The molecule has 0 saturated carbocycles. The number of esters is 1. The van der Waals surface area contributed by atoms with Crippen LogP contribution in [-0.4, -0.2) is 28.0 Å². The Morgan fingerprint density at radius 3 is 2.27 bits per heavy atom. The van der Waals surface area contributed by atoms with Gasteiger partial charge in [-0.1, -0.05) is 24.3 Å². The van der Waals surface area contributed by atoms with Crippen LogP contribution in [0.25, 0.3) is 0 Å². The molecule has 0 aliphatic rings. The van der Waals surface area contributed by atoms with Crippen molar-refractivity contribution in [3.05, 3.63) is 65.2 Å². The SMILES string of the molecule is COC(=O)Cc1ccc(CCCNS(=O)(=O)c2ccc(C#N)cc2)cc1. The second-order valence-electron chi connectivity index (χ2n) is 5.71. The first-order chi connectivity index (χ1) is 12.4. The van der Waals surface area contributed by atoms with Gasteiger partial charge in [0.15, 0.2) is 0 Å². The molecular formula is C19H20N2O4S. The van der Waals surface area contributed by atoms with Gasteiger partial charge < -0.3 is 4.74 Å². The average molecular weight is 372 g/mol. The van der Waals surface area contributed by atoms with Gasteiger partial charge >= 0.3 is 5.97 Å². The third-order valence-electron chi connectivity index (χ3n) is 3.83. The lowest BCUT2D eigenvalue weighted by Gasteiger charge is -2.07. The highest BCUT2D eigenvalue weighted by Gasteiger charge is 2.12. The van der Waals surface area contributed by atoms with E-state index in [1.165, 1.54) is 31.4 Å². The summed E-state index contributed by atoms with van der Waals surface area (Å²) in [5.74, 6) is -0.282. The van der Waals surface area contributed by atoms with Crippen molar-refractivity contribution in [1.29, 1.82) is 5.26 Å².